The van der Waals surface area contributed by atoms with Crippen LogP contribution in [0.4, 0.5) is 11.4 Å². The molecule has 0 aromatic heterocycles. The fraction of sp³-hybridized carbons (Fsp3) is 0.250. The van der Waals surface area contributed by atoms with E-state index in [-0.39, 0.29) is 17.7 Å². The number of hydrogen-bond acceptors (Lipinski definition) is 4. The number of hydrogen-bond donors (Lipinski definition) is 3. The van der Waals surface area contributed by atoms with Gasteiger partial charge in [-0.1, -0.05) is 12.1 Å². The van der Waals surface area contributed by atoms with Gasteiger partial charge in [-0.25, -0.2) is 0 Å². The van der Waals surface area contributed by atoms with Gasteiger partial charge in [-0.2, -0.15) is 0 Å². The Hall–Kier alpha value is -3.35. The van der Waals surface area contributed by atoms with Crippen LogP contribution in [0.1, 0.15) is 29.8 Å². The van der Waals surface area contributed by atoms with E-state index in [1.54, 1.807) is 18.2 Å². The van der Waals surface area contributed by atoms with Gasteiger partial charge in [0.25, 0.3) is 5.91 Å². The Balaban J connectivity index is 1.99. The number of aryl methyl sites for hydroxylation is 1. The molecule has 3 amide bonds. The molecule has 0 radical (unpaired) electrons. The quantitative estimate of drug-likeness (QED) is 0.654. The summed E-state index contributed by atoms with van der Waals surface area (Å²) in [7, 11) is 0. The maximum absolute atomic E-state index is 12.4. The first-order valence-electron chi connectivity index (χ1n) is 8.51. The van der Waals surface area contributed by atoms with Gasteiger partial charge in [0.15, 0.2) is 0 Å². The molecule has 0 atom stereocenters. The minimum atomic E-state index is -0.332. The number of amides is 3. The minimum Gasteiger partial charge on any atom is -0.492 e. The third kappa shape index (κ3) is 6.81. The van der Waals surface area contributed by atoms with Crippen molar-refractivity contribution in [2.24, 2.45) is 0 Å². The van der Waals surface area contributed by atoms with Gasteiger partial charge in [0.2, 0.25) is 11.8 Å². The van der Waals surface area contributed by atoms with Crippen LogP contribution >= 0.6 is 0 Å². The predicted octanol–water partition coefficient (Wildman–Crippen LogP) is 2.72. The Morgan fingerprint density at radius 3 is 2.11 bits per heavy atom. The molecule has 2 aromatic rings. The Kier molecular flexibility index (Phi) is 6.93. The van der Waals surface area contributed by atoms with E-state index in [9.17, 15) is 14.4 Å². The molecule has 0 unspecified atom stereocenters. The second kappa shape index (κ2) is 9.38. The summed E-state index contributed by atoms with van der Waals surface area (Å²) in [5.74, 6) is -0.132. The highest BCUT2D eigenvalue weighted by Gasteiger charge is 2.10. The van der Waals surface area contributed by atoms with E-state index in [2.05, 4.69) is 16.0 Å². The maximum Gasteiger partial charge on any atom is 0.251 e. The molecule has 3 N–H and O–H groups in total. The highest BCUT2D eigenvalue weighted by molar-refractivity contribution is 5.99. The molecule has 7 heteroatoms. The lowest BCUT2D eigenvalue weighted by Crippen LogP contribution is -2.28. The Morgan fingerprint density at radius 1 is 0.926 bits per heavy atom. The summed E-state index contributed by atoms with van der Waals surface area (Å²) in [5.41, 5.74) is 2.27. The molecule has 0 heterocycles. The highest BCUT2D eigenvalue weighted by Crippen LogP contribution is 2.19. The molecular formula is C20H23N3O4. The average Bonchev–Trinajstić information content (AvgIpc) is 2.57. The van der Waals surface area contributed by atoms with Crippen LogP contribution in [0, 0.1) is 6.92 Å². The third-order valence-corrected chi connectivity index (χ3v) is 3.48. The Bertz CT molecular complexity index is 815. The fourth-order valence-corrected chi connectivity index (χ4v) is 2.45. The van der Waals surface area contributed by atoms with E-state index in [1.165, 1.54) is 13.8 Å². The molecule has 0 aliphatic carbocycles. The van der Waals surface area contributed by atoms with E-state index in [0.717, 1.165) is 11.3 Å². The van der Waals surface area contributed by atoms with E-state index >= 15 is 0 Å². The lowest BCUT2D eigenvalue weighted by Gasteiger charge is -2.12. The molecule has 0 aliphatic heterocycles. The first-order chi connectivity index (χ1) is 12.8. The lowest BCUT2D eigenvalue weighted by molar-refractivity contribution is -0.115. The Labute approximate surface area is 158 Å². The highest BCUT2D eigenvalue weighted by atomic mass is 16.5. The average molecular weight is 369 g/mol. The molecule has 27 heavy (non-hydrogen) atoms. The van der Waals surface area contributed by atoms with Gasteiger partial charge in [-0.3, -0.25) is 14.4 Å². The van der Waals surface area contributed by atoms with Crippen LogP contribution in [0.3, 0.4) is 0 Å². The smallest absolute Gasteiger partial charge is 0.251 e. The first-order valence-corrected chi connectivity index (χ1v) is 8.51. The van der Waals surface area contributed by atoms with E-state index in [1.807, 2.05) is 31.2 Å². The van der Waals surface area contributed by atoms with Gasteiger partial charge in [0.05, 0.1) is 6.54 Å². The van der Waals surface area contributed by atoms with Crippen molar-refractivity contribution >= 4 is 29.1 Å². The number of nitrogens with one attached hydrogen (secondary N) is 3. The van der Waals surface area contributed by atoms with Crippen molar-refractivity contribution in [2.75, 3.05) is 23.8 Å². The molecule has 2 rings (SSSR count). The largest absolute Gasteiger partial charge is 0.492 e. The molecule has 0 fully saturated rings. The zero-order valence-corrected chi connectivity index (χ0v) is 15.6. The van der Waals surface area contributed by atoms with Crippen LogP contribution in [0.5, 0.6) is 5.75 Å². The van der Waals surface area contributed by atoms with Crippen molar-refractivity contribution in [1.29, 1.82) is 0 Å². The number of carbonyl (C=O) groups excluding carboxylic acids is 3. The molecule has 0 spiro atoms. The van der Waals surface area contributed by atoms with Crippen molar-refractivity contribution in [3.8, 4) is 5.75 Å². The molecular weight excluding hydrogens is 346 g/mol. The number of carbonyl (C=O) groups is 3. The minimum absolute atomic E-state index is 0.270. The van der Waals surface area contributed by atoms with Gasteiger partial charge in [0, 0.05) is 30.8 Å². The van der Waals surface area contributed by atoms with Crippen molar-refractivity contribution in [3.05, 3.63) is 53.6 Å². The molecule has 0 saturated heterocycles. The van der Waals surface area contributed by atoms with Crippen molar-refractivity contribution in [2.45, 2.75) is 20.8 Å². The number of rotatable bonds is 7. The summed E-state index contributed by atoms with van der Waals surface area (Å²) in [5, 5.41) is 7.98. The van der Waals surface area contributed by atoms with Crippen LogP contribution < -0.4 is 20.7 Å². The number of ether oxygens (including phenoxy) is 1. The first kappa shape index (κ1) is 20.0. The van der Waals surface area contributed by atoms with Crippen LogP contribution in [-0.4, -0.2) is 30.9 Å². The zero-order chi connectivity index (χ0) is 19.8. The van der Waals surface area contributed by atoms with Crippen LogP contribution in [0.25, 0.3) is 0 Å². The molecule has 0 aliphatic rings. The van der Waals surface area contributed by atoms with Gasteiger partial charge in [-0.15, -0.1) is 0 Å². The number of anilines is 2. The van der Waals surface area contributed by atoms with E-state index in [0.29, 0.717) is 30.1 Å². The summed E-state index contributed by atoms with van der Waals surface area (Å²) in [6, 6.07) is 12.3. The second-order valence-corrected chi connectivity index (χ2v) is 6.08. The maximum atomic E-state index is 12.4. The summed E-state index contributed by atoms with van der Waals surface area (Å²) >= 11 is 0. The Morgan fingerprint density at radius 2 is 1.56 bits per heavy atom. The molecule has 0 saturated carbocycles. The molecule has 7 nitrogen and oxygen atoms in total. The zero-order valence-electron chi connectivity index (χ0n) is 15.6. The van der Waals surface area contributed by atoms with Crippen molar-refractivity contribution < 1.29 is 19.1 Å². The predicted molar refractivity (Wildman–Crippen MR) is 104 cm³/mol. The van der Waals surface area contributed by atoms with Crippen LogP contribution in [-0.2, 0) is 9.59 Å². The third-order valence-electron chi connectivity index (χ3n) is 3.48. The summed E-state index contributed by atoms with van der Waals surface area (Å²) in [4.78, 5) is 35.0. The number of benzene rings is 2. The van der Waals surface area contributed by atoms with Crippen molar-refractivity contribution in [3.63, 3.8) is 0 Å². The summed E-state index contributed by atoms with van der Waals surface area (Å²) in [6.07, 6.45) is 0. The topological polar surface area (TPSA) is 96.5 Å². The van der Waals surface area contributed by atoms with Gasteiger partial charge >= 0.3 is 0 Å². The fourth-order valence-electron chi connectivity index (χ4n) is 2.45. The molecule has 2 aromatic carbocycles. The van der Waals surface area contributed by atoms with Gasteiger partial charge in [0.1, 0.15) is 12.4 Å². The van der Waals surface area contributed by atoms with Gasteiger partial charge in [-0.05, 0) is 42.8 Å². The van der Waals surface area contributed by atoms with Crippen LogP contribution in [0.2, 0.25) is 0 Å². The van der Waals surface area contributed by atoms with Crippen LogP contribution in [0.15, 0.2) is 42.5 Å². The molecule has 0 bridgehead atoms. The van der Waals surface area contributed by atoms with E-state index < -0.39 is 0 Å². The summed E-state index contributed by atoms with van der Waals surface area (Å²) in [6.45, 7) is 5.34. The van der Waals surface area contributed by atoms with E-state index in [4.69, 9.17) is 4.74 Å². The summed E-state index contributed by atoms with van der Waals surface area (Å²) < 4.78 is 5.60. The standard InChI is InChI=1S/C20H23N3O4/c1-13-5-4-6-19(9-13)27-8-7-21-20(26)16-10-17(22-14(2)24)12-18(11-16)23-15(3)25/h4-6,9-12H,7-8H2,1-3H3,(H,21,26)(H,22,24)(H,23,25). The van der Waals surface area contributed by atoms with Gasteiger partial charge < -0.3 is 20.7 Å². The second-order valence-electron chi connectivity index (χ2n) is 6.08. The SMILES string of the molecule is CC(=O)Nc1cc(NC(C)=O)cc(C(=O)NCCOc2cccc(C)c2)c1. The lowest BCUT2D eigenvalue weighted by atomic mass is 10.1. The monoisotopic (exact) mass is 369 g/mol. The van der Waals surface area contributed by atoms with Crippen molar-refractivity contribution in [1.82, 2.24) is 5.32 Å². The molecule has 142 valence electrons. The normalized spacial score (nSPS) is 10.0.